The highest BCUT2D eigenvalue weighted by atomic mass is 16.2. The fourth-order valence-corrected chi connectivity index (χ4v) is 12.2. The van der Waals surface area contributed by atoms with E-state index in [4.69, 9.17) is 0 Å². The van der Waals surface area contributed by atoms with Crippen molar-refractivity contribution in [3.63, 3.8) is 0 Å². The molecule has 7 heterocycles. The summed E-state index contributed by atoms with van der Waals surface area (Å²) in [6.07, 6.45) is 17.1. The normalized spacial score (nSPS) is 13.3. The molecule has 2 fully saturated rings. The van der Waals surface area contributed by atoms with Gasteiger partial charge in [0.25, 0.3) is 0 Å². The van der Waals surface area contributed by atoms with Gasteiger partial charge in [-0.25, -0.2) is 14.4 Å². The third kappa shape index (κ3) is 12.5. The van der Waals surface area contributed by atoms with Crippen LogP contribution in [0, 0.1) is 6.92 Å². The van der Waals surface area contributed by atoms with Crippen molar-refractivity contribution in [1.29, 1.82) is 0 Å². The van der Waals surface area contributed by atoms with Crippen molar-refractivity contribution in [3.8, 4) is 50.7 Å². The molecule has 0 bridgehead atoms. The van der Waals surface area contributed by atoms with Gasteiger partial charge in [-0.15, -0.1) is 0 Å². The molecule has 18 nitrogen and oxygen atoms in total. The zero-order valence-electron chi connectivity index (χ0n) is 51.9. The summed E-state index contributed by atoms with van der Waals surface area (Å²) in [6, 6.07) is 62.2. The lowest BCUT2D eigenvalue weighted by Crippen LogP contribution is -2.31. The van der Waals surface area contributed by atoms with Gasteiger partial charge in [0.15, 0.2) is 0 Å². The molecular weight excluding hydrogens is 1190 g/mol. The number of likely N-dealkylation sites (tertiary alicyclic amines) is 1. The number of aromatic nitrogens is 9. The smallest absolute Gasteiger partial charge is 0.337 e. The maximum absolute atomic E-state index is 13.7. The summed E-state index contributed by atoms with van der Waals surface area (Å²) in [6.45, 7) is 13.7. The first kappa shape index (κ1) is 61.3. The quantitative estimate of drug-likeness (QED) is 0.0995. The second-order valence-electron chi connectivity index (χ2n) is 23.1. The summed E-state index contributed by atoms with van der Waals surface area (Å²) in [4.78, 5) is 90.7. The molecule has 7 aromatic carbocycles. The Bertz CT molecular complexity index is 5280. The molecule has 15 rings (SSSR count). The minimum atomic E-state index is -0.315. The van der Waals surface area contributed by atoms with Crippen LogP contribution in [0.2, 0.25) is 0 Å². The molecule has 95 heavy (non-hydrogen) atoms. The van der Waals surface area contributed by atoms with Gasteiger partial charge in [-0.05, 0) is 169 Å². The number of anilines is 2. The van der Waals surface area contributed by atoms with E-state index in [1.54, 1.807) is 101 Å². The highest BCUT2D eigenvalue weighted by Gasteiger charge is 2.30. The second kappa shape index (κ2) is 26.7. The van der Waals surface area contributed by atoms with E-state index in [9.17, 15) is 28.8 Å². The third-order valence-electron chi connectivity index (χ3n) is 17.0. The van der Waals surface area contributed by atoms with Gasteiger partial charge in [0.05, 0.1) is 86.2 Å². The van der Waals surface area contributed by atoms with E-state index >= 15 is 0 Å². The van der Waals surface area contributed by atoms with Crippen LogP contribution in [0.3, 0.4) is 0 Å². The number of amides is 3. The average Bonchev–Trinajstić information content (AvgIpc) is 1.63. The van der Waals surface area contributed by atoms with Gasteiger partial charge in [-0.1, -0.05) is 128 Å². The molecule has 1 aliphatic carbocycles. The molecule has 1 saturated carbocycles. The molecule has 0 radical (unpaired) electrons. The van der Waals surface area contributed by atoms with Crippen molar-refractivity contribution >= 4 is 62.2 Å². The number of nitrogens with zero attached hydrogens (tertiary/aromatic N) is 10. The monoisotopic (exact) mass is 1250 g/mol. The van der Waals surface area contributed by atoms with Crippen molar-refractivity contribution < 1.29 is 14.4 Å². The molecule has 0 spiro atoms. The lowest BCUT2D eigenvalue weighted by atomic mass is 10.0. The molecule has 1 aliphatic heterocycles. The summed E-state index contributed by atoms with van der Waals surface area (Å²) < 4.78 is 10.1. The molecule has 2 N–H and O–H groups in total. The first-order chi connectivity index (χ1) is 46.4. The topological polar surface area (TPSA) is 198 Å². The summed E-state index contributed by atoms with van der Waals surface area (Å²) in [5.74, 6) is -0.0597. The lowest BCUT2D eigenvalue weighted by Gasteiger charge is -2.15. The number of hydrogen-bond acceptors (Lipinski definition) is 9. The number of carbonyl (C=O) groups is 3. The van der Waals surface area contributed by atoms with Crippen molar-refractivity contribution in [3.05, 3.63) is 312 Å². The van der Waals surface area contributed by atoms with Crippen LogP contribution in [0.1, 0.15) is 42.3 Å². The van der Waals surface area contributed by atoms with E-state index in [-0.39, 0.29) is 40.8 Å². The van der Waals surface area contributed by atoms with Gasteiger partial charge in [0.1, 0.15) is 0 Å². The predicted octanol–water partition coefficient (Wildman–Crippen LogP) is 13.3. The van der Waals surface area contributed by atoms with Crippen molar-refractivity contribution in [2.75, 3.05) is 23.7 Å². The average molecular weight is 1250 g/mol. The van der Waals surface area contributed by atoms with Crippen LogP contribution in [-0.2, 0) is 14.4 Å². The molecule has 18 heteroatoms. The summed E-state index contributed by atoms with van der Waals surface area (Å²) >= 11 is 0. The number of aryl methyl sites for hydroxylation is 1. The molecule has 1 atom stereocenters. The van der Waals surface area contributed by atoms with Crippen LogP contribution in [0.15, 0.2) is 284 Å². The molecule has 1 saturated heterocycles. The van der Waals surface area contributed by atoms with Crippen molar-refractivity contribution in [2.45, 2.75) is 38.1 Å². The fraction of sp³-hybridized carbons (Fsp3) is 0.104. The van der Waals surface area contributed by atoms with E-state index in [0.29, 0.717) is 47.3 Å². The minimum absolute atomic E-state index is 0.0835. The number of hydrogen-bond donors (Lipinski definition) is 2. The number of benzene rings is 7. The SMILES string of the molecule is C=CC(=O)N1CC[C@@H](n2c(=O)n(-c3cccc(-c4ccccc4)c3)c3cnccc32)C1.C=CC(=O)Nc1cccc(-n2c(=O)n(-c3ccc(-c4ccc(C)cc4)cc3)c3cnccc32)c1.C=CC(=O)Nc1cccc(-n2c(=O)n(-c3ccc(C4CC4)cc3)c3cnccc32)c1. The van der Waals surface area contributed by atoms with Gasteiger partial charge in [-0.2, -0.15) is 0 Å². The molecule has 0 unspecified atom stereocenters. The predicted molar refractivity (Wildman–Crippen MR) is 374 cm³/mol. The van der Waals surface area contributed by atoms with E-state index in [2.05, 4.69) is 101 Å². The largest absolute Gasteiger partial charge is 0.338 e. The third-order valence-corrected chi connectivity index (χ3v) is 17.0. The fourth-order valence-electron chi connectivity index (χ4n) is 12.2. The number of pyridine rings is 3. The Balaban J connectivity index is 0.000000129. The molecule has 2 aliphatic rings. The number of carbonyl (C=O) groups excluding carboxylic acids is 3. The van der Waals surface area contributed by atoms with Crippen molar-refractivity contribution in [1.82, 2.24) is 47.3 Å². The van der Waals surface area contributed by atoms with Gasteiger partial charge in [0, 0.05) is 43.1 Å². The van der Waals surface area contributed by atoms with E-state index in [1.165, 1.54) is 42.2 Å². The number of rotatable bonds is 14. The minimum Gasteiger partial charge on any atom is -0.337 e. The highest BCUT2D eigenvalue weighted by molar-refractivity contribution is 6.00. The van der Waals surface area contributed by atoms with Crippen LogP contribution in [0.25, 0.3) is 83.8 Å². The van der Waals surface area contributed by atoms with E-state index in [1.807, 2.05) is 114 Å². The van der Waals surface area contributed by atoms with Gasteiger partial charge < -0.3 is 15.5 Å². The van der Waals surface area contributed by atoms with Crippen LogP contribution < -0.4 is 27.7 Å². The zero-order chi connectivity index (χ0) is 65.7. The van der Waals surface area contributed by atoms with Crippen LogP contribution in [-0.4, -0.2) is 78.1 Å². The summed E-state index contributed by atoms with van der Waals surface area (Å²) in [7, 11) is 0. The van der Waals surface area contributed by atoms with Crippen LogP contribution in [0.5, 0.6) is 0 Å². The number of nitrogens with one attached hydrogen (secondary N) is 2. The lowest BCUT2D eigenvalue weighted by molar-refractivity contribution is -0.125. The first-order valence-corrected chi connectivity index (χ1v) is 31.0. The van der Waals surface area contributed by atoms with E-state index in [0.717, 1.165) is 73.3 Å². The highest BCUT2D eigenvalue weighted by Crippen LogP contribution is 2.40. The number of fused-ring (bicyclic) bond motifs is 3. The molecular formula is C77H64N12O6. The van der Waals surface area contributed by atoms with Gasteiger partial charge in [0.2, 0.25) is 17.7 Å². The maximum atomic E-state index is 13.7. The Kier molecular flexibility index (Phi) is 17.2. The Labute approximate surface area is 545 Å². The van der Waals surface area contributed by atoms with Crippen molar-refractivity contribution in [2.24, 2.45) is 0 Å². The first-order valence-electron chi connectivity index (χ1n) is 31.0. The standard InChI is InChI=1S/C28H22N4O2.C25H22N4O2.C24H20N4O2/c1-3-27(33)30-22-5-4-6-24(17-22)32-25-15-16-29-18-26(25)31(28(32)34)23-13-11-21(12-14-23)20-9-7-19(2)8-10-20;1-2-24(30)27-14-12-21(17-27)29-22-11-13-26-16-23(22)28(25(29)31)20-10-6-9-19(15-20)18-7-4-3-5-8-18;1-2-23(29)26-18-4-3-5-20(14-18)28-21-12-13-25-15-22(21)27(24(28)30)19-10-8-17(9-11-19)16-6-7-16/h3-18H,1H2,2H3,(H,30,33);2-11,13,15-16,21H,1,12,14,17H2;2-5,8-16H,1,6-7H2,(H,26,29)/t;21-;/m.1./s1. The Hall–Kier alpha value is -12.6. The van der Waals surface area contributed by atoms with Crippen LogP contribution >= 0.6 is 0 Å². The van der Waals surface area contributed by atoms with Gasteiger partial charge >= 0.3 is 17.1 Å². The molecule has 6 aromatic heterocycles. The van der Waals surface area contributed by atoms with Crippen LogP contribution in [0.4, 0.5) is 11.4 Å². The molecule has 13 aromatic rings. The summed E-state index contributed by atoms with van der Waals surface area (Å²) in [5.41, 5.74) is 15.6. The second-order valence-corrected chi connectivity index (χ2v) is 23.1. The Morgan fingerprint density at radius 1 is 0.432 bits per heavy atom. The van der Waals surface area contributed by atoms with Gasteiger partial charge in [-0.3, -0.25) is 56.7 Å². The Morgan fingerprint density at radius 3 is 1.39 bits per heavy atom. The number of imidazole rings is 3. The Morgan fingerprint density at radius 2 is 0.874 bits per heavy atom. The maximum Gasteiger partial charge on any atom is 0.338 e. The zero-order valence-corrected chi connectivity index (χ0v) is 51.9. The molecule has 3 amide bonds. The summed E-state index contributed by atoms with van der Waals surface area (Å²) in [5, 5.41) is 5.48. The molecule has 468 valence electrons. The van der Waals surface area contributed by atoms with E-state index < -0.39 is 0 Å².